The number of piperazine rings is 1. The fourth-order valence-electron chi connectivity index (χ4n) is 3.20. The Morgan fingerprint density at radius 1 is 0.967 bits per heavy atom. The van der Waals surface area contributed by atoms with Crippen molar-refractivity contribution in [2.75, 3.05) is 38.2 Å². The molecule has 158 valence electrons. The fourth-order valence-corrected chi connectivity index (χ4v) is 3.20. The molecule has 1 saturated heterocycles. The molecule has 3 amide bonds. The first-order valence-corrected chi connectivity index (χ1v) is 9.36. The van der Waals surface area contributed by atoms with E-state index in [9.17, 15) is 18.8 Å². The van der Waals surface area contributed by atoms with Crippen LogP contribution in [0.15, 0.2) is 48.5 Å². The van der Waals surface area contributed by atoms with E-state index in [2.05, 4.69) is 4.74 Å². The number of amides is 3. The summed E-state index contributed by atoms with van der Waals surface area (Å²) in [5, 5.41) is 9.09. The van der Waals surface area contributed by atoms with Gasteiger partial charge in [-0.05, 0) is 42.0 Å². The Kier molecular flexibility index (Phi) is 6.51. The SMILES string of the molecule is COC(=O)c1ccc(CN(C(=O)N2CCN(C(=O)O)CC2)c2ccc(F)cc2)cc1. The van der Waals surface area contributed by atoms with Crippen molar-refractivity contribution in [1.29, 1.82) is 0 Å². The number of esters is 1. The Bertz CT molecular complexity index is 909. The van der Waals surface area contributed by atoms with Gasteiger partial charge < -0.3 is 19.6 Å². The molecule has 0 atom stereocenters. The third-order valence-electron chi connectivity index (χ3n) is 4.91. The monoisotopic (exact) mass is 415 g/mol. The number of urea groups is 1. The quantitative estimate of drug-likeness (QED) is 0.776. The minimum absolute atomic E-state index is 0.199. The van der Waals surface area contributed by atoms with Crippen LogP contribution in [-0.4, -0.2) is 66.3 Å². The summed E-state index contributed by atoms with van der Waals surface area (Å²) < 4.78 is 18.1. The predicted octanol–water partition coefficient (Wildman–Crippen LogP) is 3.03. The lowest BCUT2D eigenvalue weighted by Gasteiger charge is -2.36. The van der Waals surface area contributed by atoms with Gasteiger partial charge in [-0.1, -0.05) is 12.1 Å². The maximum Gasteiger partial charge on any atom is 0.407 e. The van der Waals surface area contributed by atoms with E-state index in [0.717, 1.165) is 5.56 Å². The third kappa shape index (κ3) is 4.86. The highest BCUT2D eigenvalue weighted by atomic mass is 19.1. The molecule has 0 aromatic heterocycles. The number of benzene rings is 2. The highest BCUT2D eigenvalue weighted by Crippen LogP contribution is 2.21. The van der Waals surface area contributed by atoms with Gasteiger partial charge in [0.05, 0.1) is 19.2 Å². The largest absolute Gasteiger partial charge is 0.465 e. The number of carbonyl (C=O) groups is 3. The summed E-state index contributed by atoms with van der Waals surface area (Å²) in [5.41, 5.74) is 1.68. The first kappa shape index (κ1) is 21.1. The molecule has 1 aliphatic rings. The molecule has 0 spiro atoms. The summed E-state index contributed by atoms with van der Waals surface area (Å²) in [6.07, 6.45) is -1.01. The van der Waals surface area contributed by atoms with Gasteiger partial charge >= 0.3 is 18.1 Å². The molecule has 3 rings (SSSR count). The van der Waals surface area contributed by atoms with Gasteiger partial charge in [-0.15, -0.1) is 0 Å². The van der Waals surface area contributed by atoms with E-state index in [4.69, 9.17) is 5.11 Å². The second kappa shape index (κ2) is 9.25. The van der Waals surface area contributed by atoms with Gasteiger partial charge in [-0.25, -0.2) is 18.8 Å². The maximum absolute atomic E-state index is 13.4. The van der Waals surface area contributed by atoms with Gasteiger partial charge in [0.25, 0.3) is 0 Å². The molecular formula is C21H22FN3O5. The van der Waals surface area contributed by atoms with Gasteiger partial charge in [0, 0.05) is 31.9 Å². The summed E-state index contributed by atoms with van der Waals surface area (Å²) in [7, 11) is 1.30. The zero-order chi connectivity index (χ0) is 21.7. The smallest absolute Gasteiger partial charge is 0.407 e. The summed E-state index contributed by atoms with van der Waals surface area (Å²) in [6.45, 7) is 1.19. The first-order valence-electron chi connectivity index (χ1n) is 9.36. The Balaban J connectivity index is 1.80. The van der Waals surface area contributed by atoms with Crippen LogP contribution in [0, 0.1) is 5.82 Å². The minimum Gasteiger partial charge on any atom is -0.465 e. The molecule has 8 nitrogen and oxygen atoms in total. The molecule has 1 aliphatic heterocycles. The van der Waals surface area contributed by atoms with Crippen molar-refractivity contribution in [3.8, 4) is 0 Å². The topological polar surface area (TPSA) is 90.4 Å². The van der Waals surface area contributed by atoms with Crippen molar-refractivity contribution < 1.29 is 28.6 Å². The number of rotatable bonds is 4. The van der Waals surface area contributed by atoms with Gasteiger partial charge in [-0.3, -0.25) is 4.90 Å². The van der Waals surface area contributed by atoms with Crippen molar-refractivity contribution in [3.63, 3.8) is 0 Å². The van der Waals surface area contributed by atoms with Crippen LogP contribution in [0.4, 0.5) is 19.7 Å². The molecule has 9 heteroatoms. The van der Waals surface area contributed by atoms with Crippen molar-refractivity contribution in [3.05, 3.63) is 65.5 Å². The van der Waals surface area contributed by atoms with Crippen molar-refractivity contribution in [1.82, 2.24) is 9.80 Å². The lowest BCUT2D eigenvalue weighted by molar-refractivity contribution is 0.0600. The Hall–Kier alpha value is -3.62. The number of anilines is 1. The number of ether oxygens (including phenoxy) is 1. The van der Waals surface area contributed by atoms with Gasteiger partial charge in [0.1, 0.15) is 5.82 Å². The van der Waals surface area contributed by atoms with Crippen LogP contribution in [0.3, 0.4) is 0 Å². The molecule has 1 fully saturated rings. The molecular weight excluding hydrogens is 393 g/mol. The molecule has 0 aliphatic carbocycles. The van der Waals surface area contributed by atoms with E-state index < -0.39 is 17.9 Å². The number of nitrogens with zero attached hydrogens (tertiary/aromatic N) is 3. The van der Waals surface area contributed by atoms with Crippen LogP contribution in [0.5, 0.6) is 0 Å². The Labute approximate surface area is 173 Å². The third-order valence-corrected chi connectivity index (χ3v) is 4.91. The average Bonchev–Trinajstić information content (AvgIpc) is 2.77. The number of methoxy groups -OCH3 is 1. The number of halogens is 1. The molecule has 1 heterocycles. The number of carboxylic acid groups (broad SMARTS) is 1. The van der Waals surface area contributed by atoms with Crippen LogP contribution in [0.25, 0.3) is 0 Å². The van der Waals surface area contributed by atoms with E-state index in [0.29, 0.717) is 11.3 Å². The van der Waals surface area contributed by atoms with E-state index >= 15 is 0 Å². The lowest BCUT2D eigenvalue weighted by atomic mass is 10.1. The summed E-state index contributed by atoms with van der Waals surface area (Å²) >= 11 is 0. The zero-order valence-electron chi connectivity index (χ0n) is 16.5. The van der Waals surface area contributed by atoms with Crippen LogP contribution in [0.1, 0.15) is 15.9 Å². The lowest BCUT2D eigenvalue weighted by Crippen LogP contribution is -2.53. The molecule has 0 unspecified atom stereocenters. The van der Waals surface area contributed by atoms with E-state index in [1.807, 2.05) is 0 Å². The van der Waals surface area contributed by atoms with E-state index in [1.54, 1.807) is 29.2 Å². The average molecular weight is 415 g/mol. The Morgan fingerprint density at radius 2 is 1.53 bits per heavy atom. The first-order chi connectivity index (χ1) is 14.4. The van der Waals surface area contributed by atoms with Crippen LogP contribution >= 0.6 is 0 Å². The Morgan fingerprint density at radius 3 is 2.07 bits per heavy atom. The fraction of sp³-hybridized carbons (Fsp3) is 0.286. The molecule has 1 N–H and O–H groups in total. The van der Waals surface area contributed by atoms with E-state index in [-0.39, 0.29) is 38.8 Å². The normalized spacial score (nSPS) is 13.7. The highest BCUT2D eigenvalue weighted by molar-refractivity contribution is 5.92. The maximum atomic E-state index is 13.4. The van der Waals surface area contributed by atoms with Crippen LogP contribution < -0.4 is 4.90 Å². The molecule has 2 aromatic carbocycles. The van der Waals surface area contributed by atoms with Crippen molar-refractivity contribution in [2.24, 2.45) is 0 Å². The van der Waals surface area contributed by atoms with Gasteiger partial charge in [0.15, 0.2) is 0 Å². The second-order valence-corrected chi connectivity index (χ2v) is 6.79. The molecule has 30 heavy (non-hydrogen) atoms. The van der Waals surface area contributed by atoms with Crippen molar-refractivity contribution >= 4 is 23.8 Å². The molecule has 0 bridgehead atoms. The minimum atomic E-state index is -1.01. The van der Waals surface area contributed by atoms with Gasteiger partial charge in [0.2, 0.25) is 0 Å². The number of carbonyl (C=O) groups excluding carboxylic acids is 2. The highest BCUT2D eigenvalue weighted by Gasteiger charge is 2.28. The zero-order valence-corrected chi connectivity index (χ0v) is 16.5. The summed E-state index contributed by atoms with van der Waals surface area (Å²) in [6, 6.07) is 11.9. The molecule has 2 aromatic rings. The standard InChI is InChI=1S/C21H22FN3O5/c1-30-19(26)16-4-2-15(3-5-16)14-25(18-8-6-17(22)7-9-18)20(27)23-10-12-24(13-11-23)21(28)29/h2-9H,10-14H2,1H3,(H,28,29). The molecule has 0 radical (unpaired) electrons. The molecule has 0 saturated carbocycles. The number of hydrogen-bond donors (Lipinski definition) is 1. The van der Waals surface area contributed by atoms with Crippen molar-refractivity contribution in [2.45, 2.75) is 6.54 Å². The predicted molar refractivity (Wildman–Crippen MR) is 107 cm³/mol. The second-order valence-electron chi connectivity index (χ2n) is 6.79. The number of hydrogen-bond acceptors (Lipinski definition) is 4. The van der Waals surface area contributed by atoms with Crippen LogP contribution in [-0.2, 0) is 11.3 Å². The van der Waals surface area contributed by atoms with Crippen LogP contribution in [0.2, 0.25) is 0 Å². The van der Waals surface area contributed by atoms with Gasteiger partial charge in [-0.2, -0.15) is 0 Å². The summed E-state index contributed by atoms with van der Waals surface area (Å²) in [4.78, 5) is 40.3. The van der Waals surface area contributed by atoms with E-state index in [1.165, 1.54) is 41.2 Å². The summed E-state index contributed by atoms with van der Waals surface area (Å²) in [5.74, 6) is -0.868.